The minimum Gasteiger partial charge on any atom is -0.453 e. The summed E-state index contributed by atoms with van der Waals surface area (Å²) in [6, 6.07) is 0. The van der Waals surface area contributed by atoms with Gasteiger partial charge < -0.3 is 14.5 Å². The van der Waals surface area contributed by atoms with E-state index in [1.165, 1.54) is 12.0 Å². The van der Waals surface area contributed by atoms with Gasteiger partial charge in [0.05, 0.1) is 20.2 Å². The fourth-order valence-electron chi connectivity index (χ4n) is 1.57. The summed E-state index contributed by atoms with van der Waals surface area (Å²) in [6.45, 7) is 5.53. The topological polar surface area (TPSA) is 36.0 Å². The molecule has 0 N–H and O–H groups in total. The van der Waals surface area contributed by atoms with E-state index in [-0.39, 0.29) is 6.09 Å². The van der Waals surface area contributed by atoms with Gasteiger partial charge in [0.1, 0.15) is 0 Å². The van der Waals surface area contributed by atoms with Crippen molar-refractivity contribution >= 4 is 6.09 Å². The van der Waals surface area contributed by atoms with Gasteiger partial charge in [-0.2, -0.15) is 0 Å². The molecule has 0 bridgehead atoms. The van der Waals surface area contributed by atoms with Gasteiger partial charge in [-0.05, 0) is 7.05 Å². The Labute approximate surface area is 103 Å². The number of hydrogen-bond acceptors (Lipinski definition) is 4. The van der Waals surface area contributed by atoms with Crippen molar-refractivity contribution in [3.05, 3.63) is 0 Å². The van der Waals surface area contributed by atoms with Crippen molar-refractivity contribution in [3.63, 3.8) is 0 Å². The van der Waals surface area contributed by atoms with E-state index in [2.05, 4.69) is 33.4 Å². The van der Waals surface area contributed by atoms with Crippen LogP contribution in [-0.4, -0.2) is 81.3 Å². The van der Waals surface area contributed by atoms with Crippen LogP contribution in [0.2, 0.25) is 0 Å². The molecular formula is C12H21N3O2. The SMILES string of the molecule is COC(=O)N(C)CC#CCN1CCN(C)CC1. The van der Waals surface area contributed by atoms with Gasteiger partial charge in [-0.1, -0.05) is 11.8 Å². The monoisotopic (exact) mass is 239 g/mol. The highest BCUT2D eigenvalue weighted by Gasteiger charge is 2.11. The maximum absolute atomic E-state index is 11.1. The van der Waals surface area contributed by atoms with E-state index in [1.807, 2.05) is 0 Å². The highest BCUT2D eigenvalue weighted by molar-refractivity contribution is 5.67. The Bertz CT molecular complexity index is 301. The van der Waals surface area contributed by atoms with Crippen molar-refractivity contribution in [3.8, 4) is 11.8 Å². The van der Waals surface area contributed by atoms with Gasteiger partial charge in [-0.25, -0.2) is 4.79 Å². The smallest absolute Gasteiger partial charge is 0.410 e. The van der Waals surface area contributed by atoms with Crippen LogP contribution in [0, 0.1) is 11.8 Å². The summed E-state index contributed by atoms with van der Waals surface area (Å²) >= 11 is 0. The lowest BCUT2D eigenvalue weighted by Crippen LogP contribution is -2.44. The Kier molecular flexibility index (Phi) is 5.81. The summed E-state index contributed by atoms with van der Waals surface area (Å²) in [7, 11) is 5.18. The van der Waals surface area contributed by atoms with Gasteiger partial charge in [0.15, 0.2) is 0 Å². The molecule has 5 heteroatoms. The molecule has 0 spiro atoms. The average molecular weight is 239 g/mol. The Morgan fingerprint density at radius 3 is 2.53 bits per heavy atom. The van der Waals surface area contributed by atoms with Gasteiger partial charge in [0, 0.05) is 33.2 Å². The van der Waals surface area contributed by atoms with Crippen LogP contribution < -0.4 is 0 Å². The van der Waals surface area contributed by atoms with Crippen LogP contribution in [0.5, 0.6) is 0 Å². The zero-order valence-electron chi connectivity index (χ0n) is 10.9. The first-order chi connectivity index (χ1) is 8.13. The Hall–Kier alpha value is -1.25. The predicted molar refractivity (Wildman–Crippen MR) is 66.7 cm³/mol. The molecule has 0 radical (unpaired) electrons. The van der Waals surface area contributed by atoms with Crippen molar-refractivity contribution in [1.29, 1.82) is 0 Å². The summed E-state index contributed by atoms with van der Waals surface area (Å²) < 4.78 is 4.57. The zero-order valence-corrected chi connectivity index (χ0v) is 10.9. The van der Waals surface area contributed by atoms with E-state index in [1.54, 1.807) is 7.05 Å². The molecule has 0 atom stereocenters. The van der Waals surface area contributed by atoms with Crippen molar-refractivity contribution in [2.24, 2.45) is 0 Å². The second-order valence-electron chi connectivity index (χ2n) is 4.26. The molecule has 17 heavy (non-hydrogen) atoms. The molecule has 1 heterocycles. The average Bonchev–Trinajstić information content (AvgIpc) is 2.35. The molecule has 0 aromatic carbocycles. The number of rotatable bonds is 2. The molecule has 1 saturated heterocycles. The maximum Gasteiger partial charge on any atom is 0.410 e. The standard InChI is InChI=1S/C12H21N3O2/c1-13-8-10-15(11-9-13)7-5-4-6-14(2)12(16)17-3/h6-11H2,1-3H3. The number of piperazine rings is 1. The number of amides is 1. The van der Waals surface area contributed by atoms with Crippen molar-refractivity contribution in [2.45, 2.75) is 0 Å². The Balaban J connectivity index is 2.20. The zero-order chi connectivity index (χ0) is 12.7. The minimum absolute atomic E-state index is 0.348. The fourth-order valence-corrected chi connectivity index (χ4v) is 1.57. The lowest BCUT2D eigenvalue weighted by Gasteiger charge is -2.30. The van der Waals surface area contributed by atoms with Crippen LogP contribution in [0.3, 0.4) is 0 Å². The van der Waals surface area contributed by atoms with Gasteiger partial charge >= 0.3 is 6.09 Å². The summed E-state index contributed by atoms with van der Waals surface area (Å²) in [5.41, 5.74) is 0. The van der Waals surface area contributed by atoms with Crippen molar-refractivity contribution in [2.75, 3.05) is 60.5 Å². The van der Waals surface area contributed by atoms with E-state index < -0.39 is 0 Å². The molecule has 1 fully saturated rings. The molecule has 0 aliphatic carbocycles. The van der Waals surface area contributed by atoms with Gasteiger partial charge in [0.2, 0.25) is 0 Å². The maximum atomic E-state index is 11.1. The van der Waals surface area contributed by atoms with Gasteiger partial charge in [0.25, 0.3) is 0 Å². The number of ether oxygens (including phenoxy) is 1. The third-order valence-electron chi connectivity index (χ3n) is 2.83. The van der Waals surface area contributed by atoms with Crippen LogP contribution >= 0.6 is 0 Å². The number of likely N-dealkylation sites (N-methyl/N-ethyl adjacent to an activating group) is 1. The van der Waals surface area contributed by atoms with Crippen LogP contribution in [0.25, 0.3) is 0 Å². The number of nitrogens with zero attached hydrogens (tertiary/aromatic N) is 3. The summed E-state index contributed by atoms with van der Waals surface area (Å²) in [5, 5.41) is 0. The molecule has 1 aliphatic rings. The number of carbonyl (C=O) groups is 1. The van der Waals surface area contributed by atoms with Crippen LogP contribution in [-0.2, 0) is 4.74 Å². The largest absolute Gasteiger partial charge is 0.453 e. The van der Waals surface area contributed by atoms with Crippen LogP contribution in [0.1, 0.15) is 0 Å². The Morgan fingerprint density at radius 1 is 1.29 bits per heavy atom. The lowest BCUT2D eigenvalue weighted by atomic mass is 10.3. The molecular weight excluding hydrogens is 218 g/mol. The summed E-state index contributed by atoms with van der Waals surface area (Å²) in [4.78, 5) is 17.2. The fraction of sp³-hybridized carbons (Fsp3) is 0.750. The second-order valence-corrected chi connectivity index (χ2v) is 4.26. The first kappa shape index (κ1) is 13.8. The summed E-state index contributed by atoms with van der Waals surface area (Å²) in [6.07, 6.45) is -0.348. The van der Waals surface area contributed by atoms with E-state index in [0.717, 1.165) is 32.7 Å². The second kappa shape index (κ2) is 7.15. The first-order valence-electron chi connectivity index (χ1n) is 5.79. The van der Waals surface area contributed by atoms with E-state index in [9.17, 15) is 4.79 Å². The molecule has 1 rings (SSSR count). The first-order valence-corrected chi connectivity index (χ1v) is 5.79. The van der Waals surface area contributed by atoms with Gasteiger partial charge in [-0.15, -0.1) is 0 Å². The van der Waals surface area contributed by atoms with Crippen molar-refractivity contribution < 1.29 is 9.53 Å². The van der Waals surface area contributed by atoms with Crippen LogP contribution in [0.4, 0.5) is 4.79 Å². The molecule has 0 saturated carbocycles. The normalized spacial score (nSPS) is 17.1. The molecule has 0 aromatic heterocycles. The van der Waals surface area contributed by atoms with E-state index in [4.69, 9.17) is 0 Å². The van der Waals surface area contributed by atoms with Crippen LogP contribution in [0.15, 0.2) is 0 Å². The molecule has 5 nitrogen and oxygen atoms in total. The summed E-state index contributed by atoms with van der Waals surface area (Å²) in [5.74, 6) is 6.07. The number of methoxy groups -OCH3 is 1. The van der Waals surface area contributed by atoms with E-state index >= 15 is 0 Å². The highest BCUT2D eigenvalue weighted by Crippen LogP contribution is 1.97. The molecule has 0 unspecified atom stereocenters. The van der Waals surface area contributed by atoms with Crippen molar-refractivity contribution in [1.82, 2.24) is 14.7 Å². The van der Waals surface area contributed by atoms with Gasteiger partial charge in [-0.3, -0.25) is 4.90 Å². The minimum atomic E-state index is -0.348. The molecule has 1 amide bonds. The number of carbonyl (C=O) groups excluding carboxylic acids is 1. The Morgan fingerprint density at radius 2 is 1.94 bits per heavy atom. The third-order valence-corrected chi connectivity index (χ3v) is 2.83. The molecule has 1 aliphatic heterocycles. The number of hydrogen-bond donors (Lipinski definition) is 0. The third kappa shape index (κ3) is 5.07. The predicted octanol–water partition coefficient (Wildman–Crippen LogP) is -0.0646. The highest BCUT2D eigenvalue weighted by atomic mass is 16.5. The van der Waals surface area contributed by atoms with E-state index in [0.29, 0.717) is 6.54 Å². The quantitative estimate of drug-likeness (QED) is 0.632. The molecule has 96 valence electrons. The molecule has 0 aromatic rings. The lowest BCUT2D eigenvalue weighted by molar-refractivity contribution is 0.138.